The number of methoxy groups -OCH3 is 1. The summed E-state index contributed by atoms with van der Waals surface area (Å²) in [5, 5.41) is 2.59. The number of nitrogens with one attached hydrogen (secondary N) is 1. The number of rotatable bonds is 6. The van der Waals surface area contributed by atoms with Gasteiger partial charge in [0.25, 0.3) is 5.91 Å². The molecule has 9 nitrogen and oxygen atoms in total. The SMILES string of the molecule is COc1cccc(Oc2ccc(NC(=O)CN3C(=O)CN(C)C3=O)cn2)c1. The highest BCUT2D eigenvalue weighted by Crippen LogP contribution is 2.24. The minimum absolute atomic E-state index is 0.0238. The largest absolute Gasteiger partial charge is 0.497 e. The van der Waals surface area contributed by atoms with E-state index in [0.29, 0.717) is 23.1 Å². The number of aromatic nitrogens is 1. The molecule has 1 aliphatic rings. The quantitative estimate of drug-likeness (QED) is 0.777. The number of urea groups is 1. The van der Waals surface area contributed by atoms with Gasteiger partial charge in [0.2, 0.25) is 11.8 Å². The minimum Gasteiger partial charge on any atom is -0.497 e. The summed E-state index contributed by atoms with van der Waals surface area (Å²) in [6.45, 7) is -0.367. The molecule has 27 heavy (non-hydrogen) atoms. The molecule has 0 bridgehead atoms. The molecule has 0 atom stereocenters. The van der Waals surface area contributed by atoms with Crippen LogP contribution in [-0.4, -0.2) is 59.9 Å². The van der Waals surface area contributed by atoms with Crippen molar-refractivity contribution in [3.05, 3.63) is 42.6 Å². The molecule has 1 N–H and O–H groups in total. The van der Waals surface area contributed by atoms with Gasteiger partial charge in [0.1, 0.15) is 24.6 Å². The molecule has 1 aliphatic heterocycles. The molecule has 4 amide bonds. The molecule has 0 saturated carbocycles. The lowest BCUT2D eigenvalue weighted by molar-refractivity contribution is -0.129. The monoisotopic (exact) mass is 370 g/mol. The van der Waals surface area contributed by atoms with E-state index in [4.69, 9.17) is 9.47 Å². The molecule has 2 heterocycles. The van der Waals surface area contributed by atoms with Crippen molar-refractivity contribution in [2.75, 3.05) is 32.6 Å². The summed E-state index contributed by atoms with van der Waals surface area (Å²) < 4.78 is 10.8. The second-order valence-corrected chi connectivity index (χ2v) is 5.83. The Hall–Kier alpha value is -3.62. The van der Waals surface area contributed by atoms with Crippen LogP contribution in [0.2, 0.25) is 0 Å². The number of amides is 4. The predicted octanol–water partition coefficient (Wildman–Crippen LogP) is 1.71. The van der Waals surface area contributed by atoms with Gasteiger partial charge in [-0.3, -0.25) is 14.5 Å². The third-order valence-corrected chi connectivity index (χ3v) is 3.82. The van der Waals surface area contributed by atoms with Gasteiger partial charge in [-0.15, -0.1) is 0 Å². The fraction of sp³-hybridized carbons (Fsp3) is 0.222. The highest BCUT2D eigenvalue weighted by Gasteiger charge is 2.34. The van der Waals surface area contributed by atoms with Crippen LogP contribution in [0.15, 0.2) is 42.6 Å². The summed E-state index contributed by atoms with van der Waals surface area (Å²) in [6.07, 6.45) is 1.42. The summed E-state index contributed by atoms with van der Waals surface area (Å²) >= 11 is 0. The van der Waals surface area contributed by atoms with Crippen LogP contribution in [0.4, 0.5) is 10.5 Å². The molecule has 0 spiro atoms. The number of likely N-dealkylation sites (N-methyl/N-ethyl adjacent to an activating group) is 1. The van der Waals surface area contributed by atoms with Crippen LogP contribution in [0.25, 0.3) is 0 Å². The van der Waals surface area contributed by atoms with E-state index in [0.717, 1.165) is 4.90 Å². The molecule has 1 aromatic heterocycles. The normalized spacial score (nSPS) is 13.7. The third-order valence-electron chi connectivity index (χ3n) is 3.82. The molecule has 140 valence electrons. The van der Waals surface area contributed by atoms with Crippen molar-refractivity contribution in [1.82, 2.24) is 14.8 Å². The number of hydrogen-bond donors (Lipinski definition) is 1. The number of benzene rings is 1. The molecule has 1 aromatic carbocycles. The first-order valence-electron chi connectivity index (χ1n) is 8.09. The number of pyridine rings is 1. The number of anilines is 1. The number of hydrogen-bond acceptors (Lipinski definition) is 6. The summed E-state index contributed by atoms with van der Waals surface area (Å²) in [7, 11) is 3.07. The highest BCUT2D eigenvalue weighted by molar-refractivity contribution is 6.06. The lowest BCUT2D eigenvalue weighted by Gasteiger charge is -2.14. The van der Waals surface area contributed by atoms with Gasteiger partial charge in [-0.1, -0.05) is 6.07 Å². The zero-order valence-corrected chi connectivity index (χ0v) is 14.8. The number of ether oxygens (including phenoxy) is 2. The Bertz CT molecular complexity index is 868. The number of carbonyl (C=O) groups is 3. The topological polar surface area (TPSA) is 101 Å². The van der Waals surface area contributed by atoms with Gasteiger partial charge in [0, 0.05) is 19.2 Å². The maximum atomic E-state index is 12.1. The predicted molar refractivity (Wildman–Crippen MR) is 95.7 cm³/mol. The molecular weight excluding hydrogens is 352 g/mol. The number of carbonyl (C=O) groups excluding carboxylic acids is 3. The van der Waals surface area contributed by atoms with Crippen LogP contribution in [-0.2, 0) is 9.59 Å². The third kappa shape index (κ3) is 4.32. The molecule has 0 radical (unpaired) electrons. The Balaban J connectivity index is 1.58. The van der Waals surface area contributed by atoms with E-state index >= 15 is 0 Å². The average Bonchev–Trinajstić information content (AvgIpc) is 2.89. The molecule has 0 unspecified atom stereocenters. The zero-order valence-electron chi connectivity index (χ0n) is 14.8. The smallest absolute Gasteiger partial charge is 0.327 e. The molecule has 2 aromatic rings. The van der Waals surface area contributed by atoms with Gasteiger partial charge in [-0.2, -0.15) is 0 Å². The van der Waals surface area contributed by atoms with Crippen molar-refractivity contribution in [2.24, 2.45) is 0 Å². The second-order valence-electron chi connectivity index (χ2n) is 5.83. The maximum absolute atomic E-state index is 12.1. The van der Waals surface area contributed by atoms with E-state index in [2.05, 4.69) is 10.3 Å². The molecular formula is C18H18N4O5. The Kier molecular flexibility index (Phi) is 5.20. The van der Waals surface area contributed by atoms with E-state index in [9.17, 15) is 14.4 Å². The summed E-state index contributed by atoms with van der Waals surface area (Å²) in [6, 6.07) is 9.79. The zero-order chi connectivity index (χ0) is 19.4. The maximum Gasteiger partial charge on any atom is 0.327 e. The Morgan fingerprint density at radius 2 is 2.00 bits per heavy atom. The van der Waals surface area contributed by atoms with E-state index in [1.54, 1.807) is 43.5 Å². The van der Waals surface area contributed by atoms with Crippen LogP contribution in [0.3, 0.4) is 0 Å². The van der Waals surface area contributed by atoms with Crippen molar-refractivity contribution in [1.29, 1.82) is 0 Å². The lowest BCUT2D eigenvalue weighted by Crippen LogP contribution is -2.38. The van der Waals surface area contributed by atoms with E-state index in [-0.39, 0.29) is 13.1 Å². The van der Waals surface area contributed by atoms with Crippen LogP contribution < -0.4 is 14.8 Å². The first kappa shape index (κ1) is 18.2. The Morgan fingerprint density at radius 1 is 1.22 bits per heavy atom. The fourth-order valence-electron chi connectivity index (χ4n) is 2.47. The molecule has 9 heteroatoms. The summed E-state index contributed by atoms with van der Waals surface area (Å²) in [5.41, 5.74) is 0.422. The van der Waals surface area contributed by atoms with E-state index < -0.39 is 17.8 Å². The van der Waals surface area contributed by atoms with Crippen LogP contribution in [0.1, 0.15) is 0 Å². The minimum atomic E-state index is -0.490. The second kappa shape index (κ2) is 7.73. The first-order valence-corrected chi connectivity index (χ1v) is 8.09. The average molecular weight is 370 g/mol. The molecule has 3 rings (SSSR count). The van der Waals surface area contributed by atoms with Gasteiger partial charge in [-0.25, -0.2) is 9.78 Å². The van der Waals surface area contributed by atoms with E-state index in [1.165, 1.54) is 18.1 Å². The van der Waals surface area contributed by atoms with Crippen LogP contribution in [0.5, 0.6) is 17.4 Å². The fourth-order valence-corrected chi connectivity index (χ4v) is 2.47. The summed E-state index contributed by atoms with van der Waals surface area (Å²) in [5.74, 6) is 0.669. The lowest BCUT2D eigenvalue weighted by atomic mass is 10.3. The Labute approximate surface area is 155 Å². The van der Waals surface area contributed by atoms with Crippen molar-refractivity contribution >= 4 is 23.5 Å². The standard InChI is InChI=1S/C18H18N4O5/c1-21-11-17(24)22(18(21)25)10-15(23)20-12-6-7-16(19-9-12)27-14-5-3-4-13(8-14)26-2/h3-9H,10-11H2,1-2H3,(H,20,23). The van der Waals surface area contributed by atoms with Crippen molar-refractivity contribution < 1.29 is 23.9 Å². The van der Waals surface area contributed by atoms with Crippen molar-refractivity contribution in [2.45, 2.75) is 0 Å². The first-order chi connectivity index (χ1) is 13.0. The van der Waals surface area contributed by atoms with Gasteiger partial charge in [0.05, 0.1) is 19.0 Å². The van der Waals surface area contributed by atoms with Crippen molar-refractivity contribution in [3.63, 3.8) is 0 Å². The molecule has 1 saturated heterocycles. The van der Waals surface area contributed by atoms with Gasteiger partial charge < -0.3 is 19.7 Å². The van der Waals surface area contributed by atoms with Gasteiger partial charge in [-0.05, 0) is 18.2 Å². The summed E-state index contributed by atoms with van der Waals surface area (Å²) in [4.78, 5) is 41.8. The Morgan fingerprint density at radius 3 is 2.63 bits per heavy atom. The van der Waals surface area contributed by atoms with Crippen LogP contribution in [0, 0.1) is 0 Å². The number of nitrogens with zero attached hydrogens (tertiary/aromatic N) is 3. The van der Waals surface area contributed by atoms with E-state index in [1.807, 2.05) is 0 Å². The van der Waals surface area contributed by atoms with Crippen molar-refractivity contribution in [3.8, 4) is 17.4 Å². The highest BCUT2D eigenvalue weighted by atomic mass is 16.5. The van der Waals surface area contributed by atoms with Crippen LogP contribution >= 0.6 is 0 Å². The van der Waals surface area contributed by atoms with Gasteiger partial charge in [0.15, 0.2) is 0 Å². The number of imide groups is 1. The van der Waals surface area contributed by atoms with Gasteiger partial charge >= 0.3 is 6.03 Å². The molecule has 0 aliphatic carbocycles. The molecule has 1 fully saturated rings.